The maximum atomic E-state index is 11.4. The number of benzene rings is 2. The third-order valence-electron chi connectivity index (χ3n) is 3.11. The molecule has 0 atom stereocenters. The van der Waals surface area contributed by atoms with Crippen LogP contribution >= 0.6 is 0 Å². The van der Waals surface area contributed by atoms with E-state index in [4.69, 9.17) is 5.73 Å². The van der Waals surface area contributed by atoms with Gasteiger partial charge < -0.3 is 11.1 Å². The van der Waals surface area contributed by atoms with Gasteiger partial charge in [0.15, 0.2) is 0 Å². The fraction of sp³-hybridized carbons (Fsp3) is 0.286. The summed E-state index contributed by atoms with van der Waals surface area (Å²) in [6, 6.07) is 10.2. The van der Waals surface area contributed by atoms with Crippen molar-refractivity contribution in [1.29, 1.82) is 0 Å². The molecule has 108 valence electrons. The van der Waals surface area contributed by atoms with Crippen molar-refractivity contribution in [2.75, 3.05) is 18.4 Å². The molecule has 0 aromatic heterocycles. The van der Waals surface area contributed by atoms with Crippen molar-refractivity contribution in [3.8, 4) is 0 Å². The molecule has 0 saturated heterocycles. The fourth-order valence-electron chi connectivity index (χ4n) is 2.15. The average Bonchev–Trinajstić information content (AvgIpc) is 2.42. The van der Waals surface area contributed by atoms with Gasteiger partial charge in [0.2, 0.25) is 0 Å². The quantitative estimate of drug-likeness (QED) is 0.561. The van der Waals surface area contributed by atoms with E-state index in [1.807, 2.05) is 12.1 Å². The molecule has 0 spiro atoms. The molecular formula is C14H18N2O3S. The van der Waals surface area contributed by atoms with E-state index in [-0.39, 0.29) is 4.90 Å². The minimum absolute atomic E-state index is 0.0689. The highest BCUT2D eigenvalue weighted by Gasteiger charge is 2.14. The summed E-state index contributed by atoms with van der Waals surface area (Å²) in [5.41, 5.74) is 6.30. The van der Waals surface area contributed by atoms with Crippen molar-refractivity contribution in [1.82, 2.24) is 0 Å². The molecule has 0 radical (unpaired) electrons. The van der Waals surface area contributed by atoms with E-state index >= 15 is 0 Å². The van der Waals surface area contributed by atoms with Gasteiger partial charge in [0, 0.05) is 23.0 Å². The van der Waals surface area contributed by atoms with Gasteiger partial charge in [-0.15, -0.1) is 0 Å². The van der Waals surface area contributed by atoms with Gasteiger partial charge in [-0.3, -0.25) is 4.55 Å². The number of hydrogen-bond acceptors (Lipinski definition) is 4. The molecule has 0 heterocycles. The van der Waals surface area contributed by atoms with Crippen molar-refractivity contribution >= 4 is 26.6 Å². The van der Waals surface area contributed by atoms with Crippen molar-refractivity contribution in [3.05, 3.63) is 36.4 Å². The normalized spacial score (nSPS) is 11.7. The van der Waals surface area contributed by atoms with Gasteiger partial charge in [0.1, 0.15) is 4.90 Å². The van der Waals surface area contributed by atoms with Crippen LogP contribution in [-0.4, -0.2) is 26.1 Å². The first kappa shape index (κ1) is 14.8. The Bertz CT molecular complexity index is 699. The van der Waals surface area contributed by atoms with Crippen molar-refractivity contribution in [2.45, 2.75) is 17.7 Å². The highest BCUT2D eigenvalue weighted by atomic mass is 32.2. The minimum Gasteiger partial charge on any atom is -0.385 e. The minimum atomic E-state index is -4.22. The molecule has 5 nitrogen and oxygen atoms in total. The van der Waals surface area contributed by atoms with E-state index in [1.165, 1.54) is 6.07 Å². The van der Waals surface area contributed by atoms with Gasteiger partial charge in [-0.1, -0.05) is 24.3 Å². The smallest absolute Gasteiger partial charge is 0.295 e. The molecule has 4 N–H and O–H groups in total. The standard InChI is InChI=1S/C14H18N2O3S/c15-9-1-2-10-16-13-7-3-6-12-11(13)5-4-8-14(12)20(17,18)19/h3-8,16H,1-2,9-10,15H2,(H,17,18,19). The Morgan fingerprint density at radius 3 is 2.45 bits per heavy atom. The Balaban J connectivity index is 2.38. The summed E-state index contributed by atoms with van der Waals surface area (Å²) in [5, 5.41) is 4.56. The molecule has 2 aromatic rings. The van der Waals surface area contributed by atoms with E-state index in [0.717, 1.165) is 30.5 Å². The summed E-state index contributed by atoms with van der Waals surface area (Å²) in [4.78, 5) is -0.0689. The largest absolute Gasteiger partial charge is 0.385 e. The van der Waals surface area contributed by atoms with Crippen molar-refractivity contribution < 1.29 is 13.0 Å². The predicted octanol–water partition coefficient (Wildman–Crippen LogP) is 2.24. The lowest BCUT2D eigenvalue weighted by atomic mass is 10.1. The third-order valence-corrected chi connectivity index (χ3v) is 4.02. The Kier molecular flexibility index (Phi) is 4.59. The molecule has 0 aliphatic rings. The monoisotopic (exact) mass is 294 g/mol. The molecule has 20 heavy (non-hydrogen) atoms. The number of fused-ring (bicyclic) bond motifs is 1. The maximum Gasteiger partial charge on any atom is 0.295 e. The first-order valence-corrected chi connectivity index (χ1v) is 7.91. The summed E-state index contributed by atoms with van der Waals surface area (Å²) in [6.45, 7) is 1.43. The van der Waals surface area contributed by atoms with Crippen molar-refractivity contribution in [2.24, 2.45) is 5.73 Å². The molecule has 0 aliphatic carbocycles. The molecule has 0 bridgehead atoms. The molecule has 2 aromatic carbocycles. The van der Waals surface area contributed by atoms with Crippen LogP contribution < -0.4 is 11.1 Å². The van der Waals surface area contributed by atoms with Crippen LogP contribution in [0.1, 0.15) is 12.8 Å². The fourth-order valence-corrected chi connectivity index (χ4v) is 2.86. The highest BCUT2D eigenvalue weighted by molar-refractivity contribution is 7.86. The van der Waals surface area contributed by atoms with Crippen LogP contribution in [0.4, 0.5) is 5.69 Å². The van der Waals surface area contributed by atoms with E-state index in [2.05, 4.69) is 5.32 Å². The summed E-state index contributed by atoms with van der Waals surface area (Å²) in [5.74, 6) is 0. The molecule has 0 unspecified atom stereocenters. The molecule has 2 rings (SSSR count). The SMILES string of the molecule is NCCCCNc1cccc2c(S(=O)(=O)O)cccc12. The Morgan fingerprint density at radius 2 is 1.75 bits per heavy atom. The number of hydrogen-bond donors (Lipinski definition) is 3. The topological polar surface area (TPSA) is 92.4 Å². The van der Waals surface area contributed by atoms with Crippen molar-refractivity contribution in [3.63, 3.8) is 0 Å². The van der Waals surface area contributed by atoms with Crippen LogP contribution in [0.3, 0.4) is 0 Å². The summed E-state index contributed by atoms with van der Waals surface area (Å²) in [6.07, 6.45) is 1.89. The second-order valence-electron chi connectivity index (χ2n) is 4.55. The van der Waals surface area contributed by atoms with E-state index in [1.54, 1.807) is 18.2 Å². The van der Waals surface area contributed by atoms with Gasteiger partial charge in [-0.25, -0.2) is 0 Å². The molecule has 0 amide bonds. The lowest BCUT2D eigenvalue weighted by molar-refractivity contribution is 0.484. The summed E-state index contributed by atoms with van der Waals surface area (Å²) < 4.78 is 32.0. The van der Waals surface area contributed by atoms with Crippen LogP contribution in [0.2, 0.25) is 0 Å². The summed E-state index contributed by atoms with van der Waals surface area (Å²) >= 11 is 0. The van der Waals surface area contributed by atoms with Crippen LogP contribution in [0.15, 0.2) is 41.3 Å². The molecule has 6 heteroatoms. The van der Waals surface area contributed by atoms with E-state index in [9.17, 15) is 13.0 Å². The number of unbranched alkanes of at least 4 members (excludes halogenated alkanes) is 1. The van der Waals surface area contributed by atoms with Gasteiger partial charge in [0.05, 0.1) is 0 Å². The van der Waals surface area contributed by atoms with Gasteiger partial charge in [-0.05, 0) is 31.5 Å². The first-order valence-electron chi connectivity index (χ1n) is 6.47. The maximum absolute atomic E-state index is 11.4. The zero-order valence-corrected chi connectivity index (χ0v) is 11.9. The first-order chi connectivity index (χ1) is 9.54. The van der Waals surface area contributed by atoms with E-state index in [0.29, 0.717) is 11.9 Å². The Labute approximate surface area is 118 Å². The zero-order chi connectivity index (χ0) is 14.6. The third kappa shape index (κ3) is 3.27. The molecule has 0 fully saturated rings. The lowest BCUT2D eigenvalue weighted by Gasteiger charge is -2.11. The van der Waals surface area contributed by atoms with Crippen LogP contribution in [0.25, 0.3) is 10.8 Å². The van der Waals surface area contributed by atoms with Gasteiger partial charge in [-0.2, -0.15) is 8.42 Å². The number of nitrogens with two attached hydrogens (primary N) is 1. The Morgan fingerprint density at radius 1 is 1.05 bits per heavy atom. The second kappa shape index (κ2) is 6.21. The molecular weight excluding hydrogens is 276 g/mol. The van der Waals surface area contributed by atoms with Gasteiger partial charge >= 0.3 is 0 Å². The molecule has 0 saturated carbocycles. The highest BCUT2D eigenvalue weighted by Crippen LogP contribution is 2.28. The lowest BCUT2D eigenvalue weighted by Crippen LogP contribution is -2.06. The van der Waals surface area contributed by atoms with E-state index < -0.39 is 10.1 Å². The number of rotatable bonds is 6. The van der Waals surface area contributed by atoms with Crippen LogP contribution in [0.5, 0.6) is 0 Å². The summed E-state index contributed by atoms with van der Waals surface area (Å²) in [7, 11) is -4.22. The van der Waals surface area contributed by atoms with Crippen LogP contribution in [-0.2, 0) is 10.1 Å². The predicted molar refractivity (Wildman–Crippen MR) is 80.5 cm³/mol. The molecule has 0 aliphatic heterocycles. The van der Waals surface area contributed by atoms with Gasteiger partial charge in [0.25, 0.3) is 10.1 Å². The second-order valence-corrected chi connectivity index (χ2v) is 5.94. The zero-order valence-electron chi connectivity index (χ0n) is 11.0. The number of nitrogens with one attached hydrogen (secondary N) is 1. The Hall–Kier alpha value is -1.63. The van der Waals surface area contributed by atoms with Crippen LogP contribution in [0, 0.1) is 0 Å². The average molecular weight is 294 g/mol. The number of anilines is 1.